The molecule has 4 heteroatoms. The monoisotopic (exact) mass is 250 g/mol. The van der Waals surface area contributed by atoms with Gasteiger partial charge in [-0.25, -0.2) is 0 Å². The number of aromatic nitrogens is 2. The van der Waals surface area contributed by atoms with Gasteiger partial charge >= 0.3 is 0 Å². The van der Waals surface area contributed by atoms with Gasteiger partial charge in [0, 0.05) is 44.5 Å². The van der Waals surface area contributed by atoms with E-state index in [1.807, 2.05) is 17.9 Å². The summed E-state index contributed by atoms with van der Waals surface area (Å²) in [6, 6.07) is 0.645. The number of hydrogen-bond acceptors (Lipinski definition) is 3. The second-order valence-corrected chi connectivity index (χ2v) is 6.02. The first-order chi connectivity index (χ1) is 8.51. The van der Waals surface area contributed by atoms with Crippen molar-refractivity contribution in [3.8, 4) is 0 Å². The van der Waals surface area contributed by atoms with Gasteiger partial charge in [0.15, 0.2) is 0 Å². The van der Waals surface area contributed by atoms with Crippen molar-refractivity contribution in [1.29, 1.82) is 0 Å². The Morgan fingerprint density at radius 3 is 2.89 bits per heavy atom. The lowest BCUT2D eigenvalue weighted by Crippen LogP contribution is -2.62. The lowest BCUT2D eigenvalue weighted by molar-refractivity contribution is 0.0664. The minimum Gasteiger partial charge on any atom is -0.311 e. The molecule has 0 aliphatic carbocycles. The zero-order valence-electron chi connectivity index (χ0n) is 12.1. The lowest BCUT2D eigenvalue weighted by Gasteiger charge is -2.46. The van der Waals surface area contributed by atoms with Gasteiger partial charge in [0.1, 0.15) is 0 Å². The van der Waals surface area contributed by atoms with E-state index in [2.05, 4.69) is 42.3 Å². The molecule has 0 aromatic carbocycles. The number of piperazine rings is 1. The highest BCUT2D eigenvalue weighted by Gasteiger charge is 2.32. The maximum Gasteiger partial charge on any atom is 0.0522 e. The fourth-order valence-electron chi connectivity index (χ4n) is 2.62. The van der Waals surface area contributed by atoms with E-state index in [1.54, 1.807) is 0 Å². The highest BCUT2D eigenvalue weighted by atomic mass is 15.3. The standard InChI is InChI=1S/C14H26N4/c1-5-13-10-18(14(2,3)11-15-13)7-6-12-8-16-17(4)9-12/h8-9,13,15H,5-7,10-11H2,1-4H3. The van der Waals surface area contributed by atoms with Crippen LogP contribution in [0.2, 0.25) is 0 Å². The molecule has 0 radical (unpaired) electrons. The SMILES string of the molecule is CCC1CN(CCc2cnn(C)c2)C(C)(C)CN1. The molecule has 1 atom stereocenters. The van der Waals surface area contributed by atoms with Crippen LogP contribution in [0.15, 0.2) is 12.4 Å². The van der Waals surface area contributed by atoms with Gasteiger partial charge in [-0.2, -0.15) is 5.10 Å². The van der Waals surface area contributed by atoms with E-state index in [4.69, 9.17) is 0 Å². The number of nitrogens with one attached hydrogen (secondary N) is 1. The Morgan fingerprint density at radius 1 is 1.50 bits per heavy atom. The van der Waals surface area contributed by atoms with Crippen molar-refractivity contribution in [1.82, 2.24) is 20.0 Å². The van der Waals surface area contributed by atoms with Crippen molar-refractivity contribution in [3.05, 3.63) is 18.0 Å². The molecule has 2 rings (SSSR count). The van der Waals surface area contributed by atoms with Crippen molar-refractivity contribution in [3.63, 3.8) is 0 Å². The van der Waals surface area contributed by atoms with Crippen LogP contribution in [-0.2, 0) is 13.5 Å². The second-order valence-electron chi connectivity index (χ2n) is 6.02. The van der Waals surface area contributed by atoms with Crippen LogP contribution in [-0.4, -0.2) is 45.9 Å². The summed E-state index contributed by atoms with van der Waals surface area (Å²) in [6.07, 6.45) is 6.40. The molecule has 1 aliphatic rings. The quantitative estimate of drug-likeness (QED) is 0.877. The third-order valence-electron chi connectivity index (χ3n) is 4.04. The fraction of sp³-hybridized carbons (Fsp3) is 0.786. The molecule has 0 spiro atoms. The zero-order chi connectivity index (χ0) is 13.2. The van der Waals surface area contributed by atoms with E-state index in [9.17, 15) is 0 Å². The smallest absolute Gasteiger partial charge is 0.0522 e. The van der Waals surface area contributed by atoms with Crippen molar-refractivity contribution in [2.45, 2.75) is 45.2 Å². The summed E-state index contributed by atoms with van der Waals surface area (Å²) in [5.41, 5.74) is 1.59. The molecule has 1 unspecified atom stereocenters. The first-order valence-electron chi connectivity index (χ1n) is 6.97. The Labute approximate surface area is 110 Å². The topological polar surface area (TPSA) is 33.1 Å². The molecule has 0 saturated carbocycles. The molecule has 1 saturated heterocycles. The summed E-state index contributed by atoms with van der Waals surface area (Å²) in [4.78, 5) is 2.62. The van der Waals surface area contributed by atoms with Crippen LogP contribution in [0.5, 0.6) is 0 Å². The maximum atomic E-state index is 4.23. The third-order valence-corrected chi connectivity index (χ3v) is 4.04. The average molecular weight is 250 g/mol. The largest absolute Gasteiger partial charge is 0.311 e. The van der Waals surface area contributed by atoms with E-state index in [-0.39, 0.29) is 5.54 Å². The summed E-state index contributed by atoms with van der Waals surface area (Å²) in [5, 5.41) is 7.87. The van der Waals surface area contributed by atoms with E-state index in [0.717, 1.165) is 26.1 Å². The molecule has 4 nitrogen and oxygen atoms in total. The Bertz CT molecular complexity index is 383. The molecular weight excluding hydrogens is 224 g/mol. The Morgan fingerprint density at radius 2 is 2.28 bits per heavy atom. The predicted molar refractivity (Wildman–Crippen MR) is 74.6 cm³/mol. The number of aryl methyl sites for hydroxylation is 1. The fourth-order valence-corrected chi connectivity index (χ4v) is 2.62. The second kappa shape index (κ2) is 5.41. The van der Waals surface area contributed by atoms with Gasteiger partial charge in [0.25, 0.3) is 0 Å². The summed E-state index contributed by atoms with van der Waals surface area (Å²) >= 11 is 0. The first kappa shape index (κ1) is 13.6. The van der Waals surface area contributed by atoms with Gasteiger partial charge < -0.3 is 5.32 Å². The van der Waals surface area contributed by atoms with Crippen LogP contribution >= 0.6 is 0 Å². The van der Waals surface area contributed by atoms with Gasteiger partial charge in [0.2, 0.25) is 0 Å². The third kappa shape index (κ3) is 3.12. The number of rotatable bonds is 4. The van der Waals surface area contributed by atoms with Crippen molar-refractivity contribution in [2.75, 3.05) is 19.6 Å². The van der Waals surface area contributed by atoms with Crippen LogP contribution < -0.4 is 5.32 Å². The first-order valence-corrected chi connectivity index (χ1v) is 6.97. The molecule has 1 aliphatic heterocycles. The van der Waals surface area contributed by atoms with Crippen molar-refractivity contribution >= 4 is 0 Å². The maximum absolute atomic E-state index is 4.23. The summed E-state index contributed by atoms with van der Waals surface area (Å²) in [5.74, 6) is 0. The van der Waals surface area contributed by atoms with Gasteiger partial charge in [0.05, 0.1) is 6.20 Å². The van der Waals surface area contributed by atoms with Gasteiger partial charge in [-0.15, -0.1) is 0 Å². The van der Waals surface area contributed by atoms with Gasteiger partial charge in [-0.05, 0) is 32.3 Å². The van der Waals surface area contributed by atoms with Crippen LogP contribution in [0.3, 0.4) is 0 Å². The normalized spacial score (nSPS) is 24.3. The molecule has 0 bridgehead atoms. The summed E-state index contributed by atoms with van der Waals surface area (Å²) in [6.45, 7) is 10.3. The van der Waals surface area contributed by atoms with Crippen LogP contribution in [0, 0.1) is 0 Å². The van der Waals surface area contributed by atoms with Crippen LogP contribution in [0.1, 0.15) is 32.8 Å². The van der Waals surface area contributed by atoms with Crippen molar-refractivity contribution < 1.29 is 0 Å². The zero-order valence-corrected chi connectivity index (χ0v) is 12.1. The highest BCUT2D eigenvalue weighted by Crippen LogP contribution is 2.20. The molecule has 1 aromatic rings. The number of nitrogens with zero attached hydrogens (tertiary/aromatic N) is 3. The summed E-state index contributed by atoms with van der Waals surface area (Å²) < 4.78 is 1.88. The van der Waals surface area contributed by atoms with Crippen LogP contribution in [0.25, 0.3) is 0 Å². The molecule has 2 heterocycles. The molecule has 18 heavy (non-hydrogen) atoms. The van der Waals surface area contributed by atoms with E-state index in [1.165, 1.54) is 12.0 Å². The Kier molecular flexibility index (Phi) is 4.07. The minimum atomic E-state index is 0.258. The molecule has 1 aromatic heterocycles. The molecule has 1 fully saturated rings. The van der Waals surface area contributed by atoms with Gasteiger partial charge in [-0.3, -0.25) is 9.58 Å². The molecule has 1 N–H and O–H groups in total. The molecule has 0 amide bonds. The molecule has 102 valence electrons. The van der Waals surface area contributed by atoms with Gasteiger partial charge in [-0.1, -0.05) is 6.92 Å². The number of hydrogen-bond donors (Lipinski definition) is 1. The lowest BCUT2D eigenvalue weighted by atomic mass is 9.96. The predicted octanol–water partition coefficient (Wildman–Crippen LogP) is 1.42. The Hall–Kier alpha value is -0.870. The van der Waals surface area contributed by atoms with Crippen molar-refractivity contribution in [2.24, 2.45) is 7.05 Å². The minimum absolute atomic E-state index is 0.258. The molecular formula is C14H26N4. The highest BCUT2D eigenvalue weighted by molar-refractivity contribution is 5.05. The average Bonchev–Trinajstić information content (AvgIpc) is 2.73. The van der Waals surface area contributed by atoms with E-state index >= 15 is 0 Å². The van der Waals surface area contributed by atoms with Crippen LogP contribution in [0.4, 0.5) is 0 Å². The van der Waals surface area contributed by atoms with E-state index in [0.29, 0.717) is 6.04 Å². The Balaban J connectivity index is 1.93. The summed E-state index contributed by atoms with van der Waals surface area (Å²) in [7, 11) is 1.98. The van der Waals surface area contributed by atoms with E-state index < -0.39 is 0 Å².